The van der Waals surface area contributed by atoms with Crippen LogP contribution in [0.2, 0.25) is 0 Å². The molecule has 0 unspecified atom stereocenters. The third-order valence-electron chi connectivity index (χ3n) is 8.00. The molecule has 2 N–H and O–H groups in total. The first-order valence-corrected chi connectivity index (χ1v) is 13.6. The fourth-order valence-corrected chi connectivity index (χ4v) is 5.76. The fourth-order valence-electron chi connectivity index (χ4n) is 5.76. The zero-order valence-corrected chi connectivity index (χ0v) is 22.6. The molecule has 0 spiro atoms. The first-order valence-electron chi connectivity index (χ1n) is 13.6. The van der Waals surface area contributed by atoms with E-state index < -0.39 is 5.60 Å². The molecule has 1 saturated heterocycles. The summed E-state index contributed by atoms with van der Waals surface area (Å²) < 4.78 is 3.42. The summed E-state index contributed by atoms with van der Waals surface area (Å²) in [5, 5.41) is 14.8. The maximum absolute atomic E-state index is 13.3. The molecule has 39 heavy (non-hydrogen) atoms. The van der Waals surface area contributed by atoms with E-state index in [0.717, 1.165) is 61.5 Å². The number of aryl methyl sites for hydroxylation is 1. The van der Waals surface area contributed by atoms with Crippen LogP contribution in [0.4, 0.5) is 17.3 Å². The number of nitrogens with one attached hydrogen (secondary N) is 1. The molecule has 9 nitrogen and oxygen atoms in total. The molecule has 2 aromatic carbocycles. The lowest BCUT2D eigenvalue weighted by Crippen LogP contribution is -2.44. The van der Waals surface area contributed by atoms with Gasteiger partial charge >= 0.3 is 0 Å². The Labute approximate surface area is 228 Å². The van der Waals surface area contributed by atoms with Crippen LogP contribution in [-0.4, -0.2) is 62.6 Å². The molecule has 0 saturated carbocycles. The van der Waals surface area contributed by atoms with Gasteiger partial charge in [0.1, 0.15) is 5.39 Å². The smallest absolute Gasteiger partial charge is 0.278 e. The van der Waals surface area contributed by atoms with Crippen LogP contribution >= 0.6 is 0 Å². The molecule has 2 aliphatic rings. The van der Waals surface area contributed by atoms with Gasteiger partial charge in [-0.1, -0.05) is 12.1 Å². The van der Waals surface area contributed by atoms with E-state index >= 15 is 0 Å². The van der Waals surface area contributed by atoms with Crippen molar-refractivity contribution in [1.29, 1.82) is 0 Å². The molecular weight excluding hydrogens is 490 g/mol. The maximum atomic E-state index is 13.3. The number of likely N-dealkylation sites (N-methyl/N-ethyl adjacent to an activating group) is 1. The highest BCUT2D eigenvalue weighted by molar-refractivity contribution is 5.77. The van der Waals surface area contributed by atoms with Crippen LogP contribution in [0, 0.1) is 0 Å². The second-order valence-corrected chi connectivity index (χ2v) is 10.8. The van der Waals surface area contributed by atoms with Crippen LogP contribution in [0.25, 0.3) is 16.7 Å². The number of hydrogen-bond donors (Lipinski definition) is 2. The summed E-state index contributed by atoms with van der Waals surface area (Å²) in [7, 11) is 2.15. The number of benzene rings is 2. The summed E-state index contributed by atoms with van der Waals surface area (Å²) in [6.07, 6.45) is 5.86. The molecular formula is C30H35N7O2. The lowest BCUT2D eigenvalue weighted by molar-refractivity contribution is 0.0387. The molecule has 1 atom stereocenters. The minimum atomic E-state index is -0.909. The average molecular weight is 526 g/mol. The minimum absolute atomic E-state index is 0.183. The molecule has 0 bridgehead atoms. The molecule has 1 fully saturated rings. The Morgan fingerprint density at radius 1 is 1.10 bits per heavy atom. The van der Waals surface area contributed by atoms with Gasteiger partial charge in [-0.3, -0.25) is 4.79 Å². The van der Waals surface area contributed by atoms with Crippen LogP contribution in [0.15, 0.2) is 66.1 Å². The topological polar surface area (TPSA) is 91.5 Å². The molecule has 2 aromatic heterocycles. The van der Waals surface area contributed by atoms with Crippen LogP contribution in [0.5, 0.6) is 0 Å². The molecule has 1 aliphatic heterocycles. The van der Waals surface area contributed by atoms with E-state index in [2.05, 4.69) is 51.9 Å². The third-order valence-corrected chi connectivity index (χ3v) is 8.00. The van der Waals surface area contributed by atoms with E-state index in [9.17, 15) is 9.90 Å². The van der Waals surface area contributed by atoms with Gasteiger partial charge in [0.05, 0.1) is 17.8 Å². The summed E-state index contributed by atoms with van der Waals surface area (Å²) in [5.74, 6) is 0.407. The van der Waals surface area contributed by atoms with Crippen molar-refractivity contribution < 1.29 is 5.11 Å². The van der Waals surface area contributed by atoms with Crippen LogP contribution in [0.1, 0.15) is 30.9 Å². The predicted molar refractivity (Wildman–Crippen MR) is 155 cm³/mol. The highest BCUT2D eigenvalue weighted by Gasteiger charge is 2.30. The third kappa shape index (κ3) is 4.72. The van der Waals surface area contributed by atoms with Crippen molar-refractivity contribution in [3.8, 4) is 5.69 Å². The zero-order chi connectivity index (χ0) is 27.1. The first kappa shape index (κ1) is 25.3. The van der Waals surface area contributed by atoms with Gasteiger partial charge in [0.25, 0.3) is 5.56 Å². The summed E-state index contributed by atoms with van der Waals surface area (Å²) in [6, 6.07) is 14.3. The molecule has 4 aromatic rings. The Balaban J connectivity index is 1.36. The predicted octanol–water partition coefficient (Wildman–Crippen LogP) is 3.81. The van der Waals surface area contributed by atoms with Crippen molar-refractivity contribution in [2.24, 2.45) is 0 Å². The van der Waals surface area contributed by atoms with Gasteiger partial charge in [-0.2, -0.15) is 4.98 Å². The first-order chi connectivity index (χ1) is 18.8. The Hall–Kier alpha value is -3.95. The van der Waals surface area contributed by atoms with Crippen molar-refractivity contribution >= 4 is 28.4 Å². The standard InChI is InChI=1S/C30H35N7O2/c1-4-14-36-28(38)25-20-31-29(32-22-8-11-23(12-9-22)35-17-15-34(3)16-18-35)33-27(25)37(36)24-10-7-21-6-5-13-30(2,39)26(21)19-24/h4,7-12,19-20,39H,1,5-6,13-18H2,2-3H3,(H,31,32,33)/t30-/m1/s1. The molecule has 202 valence electrons. The van der Waals surface area contributed by atoms with E-state index in [4.69, 9.17) is 4.98 Å². The van der Waals surface area contributed by atoms with Crippen molar-refractivity contribution in [3.63, 3.8) is 0 Å². The Morgan fingerprint density at radius 2 is 1.85 bits per heavy atom. The van der Waals surface area contributed by atoms with Gasteiger partial charge in [0.15, 0.2) is 5.65 Å². The van der Waals surface area contributed by atoms with Crippen LogP contribution in [-0.2, 0) is 18.6 Å². The molecule has 1 aliphatic carbocycles. The normalized spacial score (nSPS) is 19.7. The SMILES string of the molecule is C=CCn1c(=O)c2cnc(Nc3ccc(N4CCN(C)CC4)cc3)nc2n1-c1ccc2c(c1)[C@](C)(O)CCC2. The number of allylic oxidation sites excluding steroid dienone is 1. The highest BCUT2D eigenvalue weighted by Crippen LogP contribution is 2.36. The van der Waals surface area contributed by atoms with Crippen molar-refractivity contribution in [2.45, 2.75) is 38.3 Å². The maximum Gasteiger partial charge on any atom is 0.278 e. The number of aliphatic hydroxyl groups is 1. The van der Waals surface area contributed by atoms with Gasteiger partial charge in [-0.25, -0.2) is 14.3 Å². The quantitative estimate of drug-likeness (QED) is 0.370. The fraction of sp³-hybridized carbons (Fsp3) is 0.367. The second kappa shape index (κ2) is 9.98. The largest absolute Gasteiger partial charge is 0.385 e. The number of piperazine rings is 1. The lowest BCUT2D eigenvalue weighted by atomic mass is 9.80. The number of hydrogen-bond acceptors (Lipinski definition) is 7. The highest BCUT2D eigenvalue weighted by atomic mass is 16.3. The van der Waals surface area contributed by atoms with Crippen molar-refractivity contribution in [1.82, 2.24) is 24.2 Å². The molecule has 3 heterocycles. The second-order valence-electron chi connectivity index (χ2n) is 10.8. The number of rotatable bonds is 6. The van der Waals surface area contributed by atoms with Crippen molar-refractivity contribution in [3.05, 3.63) is 82.8 Å². The Bertz CT molecular complexity index is 1580. The molecule has 0 amide bonds. The van der Waals surface area contributed by atoms with Gasteiger partial charge in [0.2, 0.25) is 5.95 Å². The number of aromatic nitrogens is 4. The molecule has 6 rings (SSSR count). The molecule has 9 heteroatoms. The summed E-state index contributed by atoms with van der Waals surface area (Å²) in [5.41, 5.74) is 4.29. The van der Waals surface area contributed by atoms with E-state index in [-0.39, 0.29) is 5.56 Å². The van der Waals surface area contributed by atoms with Gasteiger partial charge in [0, 0.05) is 43.8 Å². The molecule has 0 radical (unpaired) electrons. The van der Waals surface area contributed by atoms with Gasteiger partial charge < -0.3 is 20.2 Å². The summed E-state index contributed by atoms with van der Waals surface area (Å²) >= 11 is 0. The van der Waals surface area contributed by atoms with E-state index in [1.807, 2.05) is 35.9 Å². The Morgan fingerprint density at radius 3 is 2.59 bits per heavy atom. The van der Waals surface area contributed by atoms with Gasteiger partial charge in [-0.15, -0.1) is 6.58 Å². The zero-order valence-electron chi connectivity index (χ0n) is 22.6. The average Bonchev–Trinajstić information content (AvgIpc) is 3.20. The summed E-state index contributed by atoms with van der Waals surface area (Å²) in [6.45, 7) is 10.2. The Kier molecular flexibility index (Phi) is 6.48. The van der Waals surface area contributed by atoms with E-state index in [1.165, 1.54) is 5.69 Å². The van der Waals surface area contributed by atoms with Crippen molar-refractivity contribution in [2.75, 3.05) is 43.4 Å². The van der Waals surface area contributed by atoms with Gasteiger partial charge in [-0.05, 0) is 80.8 Å². The minimum Gasteiger partial charge on any atom is -0.385 e. The van der Waals surface area contributed by atoms with E-state index in [0.29, 0.717) is 29.9 Å². The monoisotopic (exact) mass is 525 g/mol. The summed E-state index contributed by atoms with van der Waals surface area (Å²) in [4.78, 5) is 27.3. The lowest BCUT2D eigenvalue weighted by Gasteiger charge is -2.34. The number of nitrogens with zero attached hydrogens (tertiary/aromatic N) is 6. The van der Waals surface area contributed by atoms with Crippen LogP contribution < -0.4 is 15.8 Å². The van der Waals surface area contributed by atoms with E-state index in [1.54, 1.807) is 17.0 Å². The number of fused-ring (bicyclic) bond motifs is 2. The van der Waals surface area contributed by atoms with Crippen LogP contribution in [0.3, 0.4) is 0 Å². The number of anilines is 3.